The lowest BCUT2D eigenvalue weighted by molar-refractivity contribution is 0.156. The van der Waals surface area contributed by atoms with Crippen LogP contribution in [0.5, 0.6) is 0 Å². The van der Waals surface area contributed by atoms with Crippen LogP contribution in [0.4, 0.5) is 0 Å². The Morgan fingerprint density at radius 3 is 2.68 bits per heavy atom. The van der Waals surface area contributed by atoms with Gasteiger partial charge in [0.2, 0.25) is 11.8 Å². The average Bonchev–Trinajstić information content (AvgIpc) is 2.97. The smallest absolute Gasteiger partial charge is 0.217 e. The van der Waals surface area contributed by atoms with Gasteiger partial charge in [0.25, 0.3) is 0 Å². The molecule has 0 fully saturated rings. The predicted octanol–water partition coefficient (Wildman–Crippen LogP) is 3.34. The number of aromatic nitrogens is 2. The van der Waals surface area contributed by atoms with E-state index in [2.05, 4.69) is 55.9 Å². The number of hydrogen-bond donors (Lipinski definition) is 1. The molecule has 3 unspecified atom stereocenters. The molecule has 0 saturated heterocycles. The fourth-order valence-electron chi connectivity index (χ4n) is 4.00. The van der Waals surface area contributed by atoms with Gasteiger partial charge in [0.05, 0.1) is 6.61 Å². The van der Waals surface area contributed by atoms with Crippen LogP contribution in [0, 0.1) is 23.7 Å². The molecule has 5 heteroatoms. The molecule has 0 spiro atoms. The fraction of sp³-hybridized carbons (Fsp3) is 0.800. The minimum atomic E-state index is 0.220. The van der Waals surface area contributed by atoms with Crippen LogP contribution in [0.25, 0.3) is 0 Å². The van der Waals surface area contributed by atoms with E-state index in [9.17, 15) is 0 Å². The molecule has 1 aromatic rings. The second-order valence-corrected chi connectivity index (χ2v) is 7.94. The van der Waals surface area contributed by atoms with Crippen LogP contribution in [-0.2, 0) is 12.8 Å². The largest absolute Gasteiger partial charge is 0.425 e. The zero-order valence-electron chi connectivity index (χ0n) is 16.5. The third kappa shape index (κ3) is 5.65. The van der Waals surface area contributed by atoms with Gasteiger partial charge in [-0.3, -0.25) is 0 Å². The zero-order valence-corrected chi connectivity index (χ0v) is 16.5. The maximum Gasteiger partial charge on any atom is 0.217 e. The molecule has 1 aliphatic carbocycles. The van der Waals surface area contributed by atoms with Gasteiger partial charge < -0.3 is 14.4 Å². The van der Waals surface area contributed by atoms with Crippen LogP contribution in [0.3, 0.4) is 0 Å². The van der Waals surface area contributed by atoms with E-state index in [1.807, 2.05) is 0 Å². The molecular formula is C20H35N3O2. The van der Waals surface area contributed by atoms with Gasteiger partial charge in [-0.15, -0.1) is 10.2 Å². The first-order valence-electron chi connectivity index (χ1n) is 9.73. The molecule has 25 heavy (non-hydrogen) atoms. The summed E-state index contributed by atoms with van der Waals surface area (Å²) in [5, 5.41) is 17.6. The number of likely N-dealkylation sites (N-methyl/N-ethyl adjacent to an activating group) is 1. The highest BCUT2D eigenvalue weighted by atomic mass is 16.4. The quantitative estimate of drug-likeness (QED) is 0.693. The highest BCUT2D eigenvalue weighted by Crippen LogP contribution is 2.39. The minimum absolute atomic E-state index is 0.220. The van der Waals surface area contributed by atoms with E-state index in [-0.39, 0.29) is 6.61 Å². The van der Waals surface area contributed by atoms with Crippen molar-refractivity contribution in [2.45, 2.75) is 53.4 Å². The number of hydrogen-bond acceptors (Lipinski definition) is 5. The second-order valence-electron chi connectivity index (χ2n) is 7.94. The van der Waals surface area contributed by atoms with Gasteiger partial charge in [-0.05, 0) is 50.5 Å². The summed E-state index contributed by atoms with van der Waals surface area (Å²) in [5.74, 6) is 3.86. The molecule has 0 saturated carbocycles. The Bertz CT molecular complexity index is 553. The van der Waals surface area contributed by atoms with Crippen molar-refractivity contribution in [3.05, 3.63) is 23.4 Å². The lowest BCUT2D eigenvalue weighted by Crippen LogP contribution is -2.36. The normalized spacial score (nSPS) is 24.2. The Kier molecular flexibility index (Phi) is 7.63. The predicted molar refractivity (Wildman–Crippen MR) is 100 cm³/mol. The van der Waals surface area contributed by atoms with E-state index < -0.39 is 0 Å². The number of aliphatic hydroxyl groups excluding tert-OH is 1. The Labute approximate surface area is 152 Å². The Hall–Kier alpha value is -1.20. The summed E-state index contributed by atoms with van der Waals surface area (Å²) in [6.07, 6.45) is 6.36. The van der Waals surface area contributed by atoms with Crippen LogP contribution in [0.2, 0.25) is 0 Å². The monoisotopic (exact) mass is 349 g/mol. The van der Waals surface area contributed by atoms with Gasteiger partial charge in [0.15, 0.2) is 0 Å². The summed E-state index contributed by atoms with van der Waals surface area (Å²) in [7, 11) is 2.09. The van der Waals surface area contributed by atoms with E-state index in [1.165, 1.54) is 12.0 Å². The van der Waals surface area contributed by atoms with Crippen molar-refractivity contribution >= 4 is 0 Å². The molecule has 0 aromatic carbocycles. The molecule has 142 valence electrons. The summed E-state index contributed by atoms with van der Waals surface area (Å²) >= 11 is 0. The summed E-state index contributed by atoms with van der Waals surface area (Å²) in [4.78, 5) is 2.24. The third-order valence-corrected chi connectivity index (χ3v) is 5.48. The second kappa shape index (κ2) is 9.48. The number of rotatable bonds is 9. The summed E-state index contributed by atoms with van der Waals surface area (Å²) in [6.45, 7) is 11.0. The first-order chi connectivity index (χ1) is 11.9. The fourth-order valence-corrected chi connectivity index (χ4v) is 4.00. The number of nitrogens with zero attached hydrogens (tertiary/aromatic N) is 3. The van der Waals surface area contributed by atoms with Crippen molar-refractivity contribution in [2.75, 3.05) is 26.7 Å². The molecule has 1 aliphatic rings. The first kappa shape index (κ1) is 20.1. The van der Waals surface area contributed by atoms with Crippen LogP contribution in [0.1, 0.15) is 52.3 Å². The first-order valence-corrected chi connectivity index (χ1v) is 9.73. The van der Waals surface area contributed by atoms with Crippen molar-refractivity contribution in [3.8, 4) is 0 Å². The minimum Gasteiger partial charge on any atom is -0.425 e. The summed E-state index contributed by atoms with van der Waals surface area (Å²) in [6, 6.07) is 0. The third-order valence-electron chi connectivity index (χ3n) is 5.48. The van der Waals surface area contributed by atoms with Crippen molar-refractivity contribution in [1.82, 2.24) is 15.1 Å². The molecule has 1 heterocycles. The van der Waals surface area contributed by atoms with Gasteiger partial charge in [-0.2, -0.15) is 0 Å². The topological polar surface area (TPSA) is 62.4 Å². The highest BCUT2D eigenvalue weighted by Gasteiger charge is 2.32. The van der Waals surface area contributed by atoms with E-state index in [0.29, 0.717) is 23.7 Å². The molecule has 1 N–H and O–H groups in total. The standard InChI is InChI=1S/C20H35N3O2/c1-6-7-19-21-22-20(25-19)12-16-11-18(14(2)3)17(10-15(16)4)13-23(5)8-9-24/h10,14,16-18,24H,6-9,11-13H2,1-5H3. The average molecular weight is 350 g/mol. The lowest BCUT2D eigenvalue weighted by atomic mass is 9.69. The number of allylic oxidation sites excluding steroid dienone is 1. The Morgan fingerprint density at radius 1 is 1.32 bits per heavy atom. The van der Waals surface area contributed by atoms with Crippen LogP contribution in [-0.4, -0.2) is 46.9 Å². The van der Waals surface area contributed by atoms with E-state index in [1.54, 1.807) is 0 Å². The molecule has 0 amide bonds. The zero-order chi connectivity index (χ0) is 18.4. The molecule has 3 atom stereocenters. The maximum absolute atomic E-state index is 9.16. The Morgan fingerprint density at radius 2 is 2.04 bits per heavy atom. The van der Waals surface area contributed by atoms with Crippen LogP contribution < -0.4 is 0 Å². The van der Waals surface area contributed by atoms with E-state index in [4.69, 9.17) is 9.52 Å². The molecular weight excluding hydrogens is 314 g/mol. The molecule has 0 bridgehead atoms. The molecule has 1 aromatic heterocycles. The molecule has 0 aliphatic heterocycles. The molecule has 0 radical (unpaired) electrons. The number of aliphatic hydroxyl groups is 1. The van der Waals surface area contributed by atoms with Crippen molar-refractivity contribution in [2.24, 2.45) is 23.7 Å². The van der Waals surface area contributed by atoms with Gasteiger partial charge in [-0.1, -0.05) is 32.4 Å². The SMILES string of the molecule is CCCc1nnc(CC2CC(C(C)C)C(CN(C)CCO)C=C2C)o1. The van der Waals surface area contributed by atoms with Crippen molar-refractivity contribution < 1.29 is 9.52 Å². The van der Waals surface area contributed by atoms with Gasteiger partial charge in [-0.25, -0.2) is 0 Å². The molecule has 2 rings (SSSR count). The van der Waals surface area contributed by atoms with Gasteiger partial charge in [0.1, 0.15) is 0 Å². The lowest BCUT2D eigenvalue weighted by Gasteiger charge is -2.38. The summed E-state index contributed by atoms with van der Waals surface area (Å²) < 4.78 is 5.81. The molecule has 5 nitrogen and oxygen atoms in total. The van der Waals surface area contributed by atoms with Crippen molar-refractivity contribution in [3.63, 3.8) is 0 Å². The van der Waals surface area contributed by atoms with Crippen molar-refractivity contribution in [1.29, 1.82) is 0 Å². The maximum atomic E-state index is 9.16. The summed E-state index contributed by atoms with van der Waals surface area (Å²) in [5.41, 5.74) is 1.44. The highest BCUT2D eigenvalue weighted by molar-refractivity contribution is 5.14. The van der Waals surface area contributed by atoms with Crippen LogP contribution >= 0.6 is 0 Å². The van der Waals surface area contributed by atoms with Gasteiger partial charge in [0, 0.05) is 25.9 Å². The number of aryl methyl sites for hydroxylation is 1. The Balaban J connectivity index is 2.07. The van der Waals surface area contributed by atoms with Gasteiger partial charge >= 0.3 is 0 Å². The van der Waals surface area contributed by atoms with E-state index >= 15 is 0 Å². The van der Waals surface area contributed by atoms with E-state index in [0.717, 1.165) is 44.1 Å². The van der Waals surface area contributed by atoms with Crippen LogP contribution in [0.15, 0.2) is 16.1 Å².